The van der Waals surface area contributed by atoms with Gasteiger partial charge in [0.2, 0.25) is 5.91 Å². The van der Waals surface area contributed by atoms with Gasteiger partial charge in [0.1, 0.15) is 0 Å². The zero-order valence-electron chi connectivity index (χ0n) is 11.8. The maximum absolute atomic E-state index is 11.6. The van der Waals surface area contributed by atoms with Gasteiger partial charge in [-0.25, -0.2) is 0 Å². The van der Waals surface area contributed by atoms with E-state index in [1.54, 1.807) is 6.92 Å². The van der Waals surface area contributed by atoms with Crippen molar-refractivity contribution in [2.45, 2.75) is 19.8 Å². The molecule has 0 aliphatic heterocycles. The molecule has 1 aromatic rings. The van der Waals surface area contributed by atoms with Crippen molar-refractivity contribution in [2.75, 3.05) is 19.0 Å². The minimum Gasteiger partial charge on any atom is -0.490 e. The second kappa shape index (κ2) is 7.83. The lowest BCUT2D eigenvalue weighted by atomic mass is 10.2. The summed E-state index contributed by atoms with van der Waals surface area (Å²) in [5.41, 5.74) is 0.0112. The Kier molecular flexibility index (Phi) is 6.12. The van der Waals surface area contributed by atoms with Gasteiger partial charge in [-0.3, -0.25) is 19.7 Å². The molecule has 0 aliphatic carbocycles. The van der Waals surface area contributed by atoms with Crippen LogP contribution in [0.3, 0.4) is 0 Å². The number of hydrogen-bond acceptors (Lipinski definition) is 6. The van der Waals surface area contributed by atoms with Gasteiger partial charge in [-0.2, -0.15) is 0 Å². The smallest absolute Gasteiger partial charge is 0.312 e. The summed E-state index contributed by atoms with van der Waals surface area (Å²) in [5.74, 6) is -0.791. The largest absolute Gasteiger partial charge is 0.490 e. The van der Waals surface area contributed by atoms with Crippen LogP contribution in [0.25, 0.3) is 0 Å². The van der Waals surface area contributed by atoms with Crippen LogP contribution in [0.15, 0.2) is 18.2 Å². The molecule has 8 nitrogen and oxygen atoms in total. The number of nitrogens with one attached hydrogen (secondary N) is 1. The molecular weight excluding hydrogens is 280 g/mol. The number of ether oxygens (including phenoxy) is 2. The molecule has 1 amide bonds. The lowest BCUT2D eigenvalue weighted by Crippen LogP contribution is -2.14. The molecule has 0 spiro atoms. The molecule has 0 bridgehead atoms. The summed E-state index contributed by atoms with van der Waals surface area (Å²) < 4.78 is 9.56. The number of nitro groups is 1. The molecule has 0 radical (unpaired) electrons. The van der Waals surface area contributed by atoms with E-state index in [2.05, 4.69) is 5.32 Å². The molecule has 0 unspecified atom stereocenters. The van der Waals surface area contributed by atoms with Crippen molar-refractivity contribution in [2.24, 2.45) is 0 Å². The minimum atomic E-state index is -0.604. The Hall–Kier alpha value is -2.64. The number of nitro benzene ring substituents is 1. The predicted molar refractivity (Wildman–Crippen MR) is 74.1 cm³/mol. The molecule has 1 aromatic carbocycles. The highest BCUT2D eigenvalue weighted by Crippen LogP contribution is 2.29. The quantitative estimate of drug-likeness (QED) is 0.467. The molecule has 0 heterocycles. The van der Waals surface area contributed by atoms with Crippen LogP contribution in [0.5, 0.6) is 5.75 Å². The summed E-state index contributed by atoms with van der Waals surface area (Å²) in [7, 11) is 1.32. The SMILES string of the molecule is CCOC(=O)CCC(=O)Nc1ccc(OC)c([N+](=O)[O-])c1. The van der Waals surface area contributed by atoms with E-state index < -0.39 is 16.8 Å². The zero-order valence-corrected chi connectivity index (χ0v) is 11.8. The third kappa shape index (κ3) is 5.09. The Labute approximate surface area is 121 Å². The average molecular weight is 296 g/mol. The molecular formula is C13H16N2O6. The van der Waals surface area contributed by atoms with Gasteiger partial charge in [-0.15, -0.1) is 0 Å². The van der Waals surface area contributed by atoms with Gasteiger partial charge in [0.25, 0.3) is 0 Å². The van der Waals surface area contributed by atoms with Crippen molar-refractivity contribution in [3.63, 3.8) is 0 Å². The first-order chi connectivity index (χ1) is 9.97. The molecule has 21 heavy (non-hydrogen) atoms. The number of carbonyl (C=O) groups excluding carboxylic acids is 2. The Morgan fingerprint density at radius 1 is 1.33 bits per heavy atom. The van der Waals surface area contributed by atoms with Crippen molar-refractivity contribution in [3.05, 3.63) is 28.3 Å². The first-order valence-electron chi connectivity index (χ1n) is 6.25. The van der Waals surface area contributed by atoms with Crippen molar-refractivity contribution in [1.29, 1.82) is 0 Å². The van der Waals surface area contributed by atoms with Crippen LogP contribution < -0.4 is 10.1 Å². The fourth-order valence-corrected chi connectivity index (χ4v) is 1.58. The van der Waals surface area contributed by atoms with E-state index in [-0.39, 0.29) is 36.6 Å². The topological polar surface area (TPSA) is 108 Å². The van der Waals surface area contributed by atoms with E-state index in [1.807, 2.05) is 0 Å². The van der Waals surface area contributed by atoms with Gasteiger partial charge in [-0.05, 0) is 19.1 Å². The van der Waals surface area contributed by atoms with Crippen LogP contribution in [-0.4, -0.2) is 30.5 Å². The second-order valence-corrected chi connectivity index (χ2v) is 4.00. The van der Waals surface area contributed by atoms with Crippen LogP contribution in [0.1, 0.15) is 19.8 Å². The number of amides is 1. The number of rotatable bonds is 7. The monoisotopic (exact) mass is 296 g/mol. The molecule has 8 heteroatoms. The molecule has 0 fully saturated rings. The van der Waals surface area contributed by atoms with E-state index in [9.17, 15) is 19.7 Å². The Morgan fingerprint density at radius 3 is 2.62 bits per heavy atom. The van der Waals surface area contributed by atoms with Crippen molar-refractivity contribution in [1.82, 2.24) is 0 Å². The Morgan fingerprint density at radius 2 is 2.05 bits per heavy atom. The van der Waals surface area contributed by atoms with Gasteiger partial charge >= 0.3 is 11.7 Å². The third-order valence-corrected chi connectivity index (χ3v) is 2.52. The molecule has 0 atom stereocenters. The average Bonchev–Trinajstić information content (AvgIpc) is 2.45. The third-order valence-electron chi connectivity index (χ3n) is 2.52. The second-order valence-electron chi connectivity index (χ2n) is 4.00. The maximum Gasteiger partial charge on any atom is 0.312 e. The fraction of sp³-hybridized carbons (Fsp3) is 0.385. The van der Waals surface area contributed by atoms with E-state index in [4.69, 9.17) is 9.47 Å². The van der Waals surface area contributed by atoms with Crippen LogP contribution in [0, 0.1) is 10.1 Å². The molecule has 1 N–H and O–H groups in total. The molecule has 0 saturated carbocycles. The highest BCUT2D eigenvalue weighted by atomic mass is 16.6. The van der Waals surface area contributed by atoms with E-state index in [0.717, 1.165) is 0 Å². The van der Waals surface area contributed by atoms with Crippen LogP contribution in [0.4, 0.5) is 11.4 Å². The summed E-state index contributed by atoms with van der Waals surface area (Å²) in [5, 5.41) is 13.3. The van der Waals surface area contributed by atoms with E-state index in [0.29, 0.717) is 0 Å². The van der Waals surface area contributed by atoms with Crippen molar-refractivity contribution >= 4 is 23.3 Å². The molecule has 1 rings (SSSR count). The number of hydrogen-bond donors (Lipinski definition) is 1. The summed E-state index contributed by atoms with van der Waals surface area (Å²) in [4.78, 5) is 33.0. The van der Waals surface area contributed by atoms with Gasteiger partial charge in [0.15, 0.2) is 5.75 Å². The van der Waals surface area contributed by atoms with Gasteiger partial charge in [0, 0.05) is 18.2 Å². The lowest BCUT2D eigenvalue weighted by Gasteiger charge is -2.07. The molecule has 114 valence electrons. The standard InChI is InChI=1S/C13H16N2O6/c1-3-21-13(17)7-6-12(16)14-9-4-5-11(20-2)10(8-9)15(18)19/h4-5,8H,3,6-7H2,1-2H3,(H,14,16). The van der Waals surface area contributed by atoms with Crippen LogP contribution in [0.2, 0.25) is 0 Å². The van der Waals surface area contributed by atoms with Crippen molar-refractivity contribution < 1.29 is 24.0 Å². The highest BCUT2D eigenvalue weighted by Gasteiger charge is 2.16. The Balaban J connectivity index is 2.66. The maximum atomic E-state index is 11.6. The summed E-state index contributed by atoms with van der Waals surface area (Å²) in [6.45, 7) is 1.93. The fourth-order valence-electron chi connectivity index (χ4n) is 1.58. The lowest BCUT2D eigenvalue weighted by molar-refractivity contribution is -0.385. The van der Waals surface area contributed by atoms with E-state index >= 15 is 0 Å². The number of anilines is 1. The summed E-state index contributed by atoms with van der Waals surface area (Å²) in [6, 6.07) is 4.06. The van der Waals surface area contributed by atoms with Gasteiger partial charge < -0.3 is 14.8 Å². The number of carbonyl (C=O) groups is 2. The molecule has 0 saturated heterocycles. The number of esters is 1. The predicted octanol–water partition coefficient (Wildman–Crippen LogP) is 1.89. The zero-order chi connectivity index (χ0) is 15.8. The number of methoxy groups -OCH3 is 1. The van der Waals surface area contributed by atoms with Crippen molar-refractivity contribution in [3.8, 4) is 5.75 Å². The molecule has 0 aromatic heterocycles. The first kappa shape index (κ1) is 16.4. The van der Waals surface area contributed by atoms with Gasteiger partial charge in [0.05, 0.1) is 25.1 Å². The normalized spacial score (nSPS) is 9.81. The Bertz CT molecular complexity index is 543. The summed E-state index contributed by atoms with van der Waals surface area (Å²) >= 11 is 0. The molecule has 0 aliphatic rings. The first-order valence-corrected chi connectivity index (χ1v) is 6.25. The van der Waals surface area contributed by atoms with Crippen LogP contribution in [-0.2, 0) is 14.3 Å². The number of benzene rings is 1. The number of nitrogens with zero attached hydrogens (tertiary/aromatic N) is 1. The van der Waals surface area contributed by atoms with Crippen LogP contribution >= 0.6 is 0 Å². The van der Waals surface area contributed by atoms with Gasteiger partial charge in [-0.1, -0.05) is 0 Å². The minimum absolute atomic E-state index is 0.0437. The van der Waals surface area contributed by atoms with E-state index in [1.165, 1.54) is 25.3 Å². The highest BCUT2D eigenvalue weighted by molar-refractivity contribution is 5.93. The summed E-state index contributed by atoms with van der Waals surface area (Å²) in [6.07, 6.45) is -0.101.